The summed E-state index contributed by atoms with van der Waals surface area (Å²) in [5.74, 6) is 0. The number of nitrogens with zero attached hydrogens (tertiary/aromatic N) is 1. The number of halogens is 4. The van der Waals surface area contributed by atoms with Gasteiger partial charge in [-0.2, -0.15) is 13.2 Å². The molecule has 0 radical (unpaired) electrons. The Bertz CT molecular complexity index is 258. The van der Waals surface area contributed by atoms with Crippen LogP contribution in [0.2, 0.25) is 0 Å². The van der Waals surface area contributed by atoms with Crippen molar-refractivity contribution in [3.05, 3.63) is 27.6 Å². The quantitative estimate of drug-likeness (QED) is 0.523. The maximum absolute atomic E-state index is 11.9. The minimum absolute atomic E-state index is 0.345. The monoisotopic (exact) mass is 273 g/mol. The summed E-state index contributed by atoms with van der Waals surface area (Å²) in [4.78, 5) is 3.64. The Balaban J connectivity index is 3.06. The van der Waals surface area contributed by atoms with Crippen LogP contribution >= 0.6 is 22.6 Å². The van der Waals surface area contributed by atoms with Crippen LogP contribution in [-0.4, -0.2) is 4.98 Å². The smallest absolute Gasteiger partial charge is 0.250 e. The van der Waals surface area contributed by atoms with E-state index in [-0.39, 0.29) is 0 Å². The lowest BCUT2D eigenvalue weighted by Gasteiger charge is -2.04. The van der Waals surface area contributed by atoms with E-state index in [1.807, 2.05) is 0 Å². The molecule has 0 amide bonds. The van der Waals surface area contributed by atoms with E-state index in [9.17, 15) is 13.2 Å². The lowest BCUT2D eigenvalue weighted by Crippen LogP contribution is -2.05. The molecule has 0 bridgehead atoms. The van der Waals surface area contributed by atoms with Crippen LogP contribution in [0.4, 0.5) is 13.2 Å². The van der Waals surface area contributed by atoms with Crippen LogP contribution in [0.15, 0.2) is 18.3 Å². The van der Waals surface area contributed by atoms with Gasteiger partial charge in [0.05, 0.1) is 5.56 Å². The van der Waals surface area contributed by atoms with Gasteiger partial charge in [0.15, 0.2) is 0 Å². The molecule has 1 rings (SSSR count). The molecular weight excluding hydrogens is 270 g/mol. The summed E-state index contributed by atoms with van der Waals surface area (Å²) >= 11 is 1.73. The molecule has 0 saturated carbocycles. The highest BCUT2D eigenvalue weighted by Gasteiger charge is 2.30. The van der Waals surface area contributed by atoms with Crippen LogP contribution in [0.3, 0.4) is 0 Å². The van der Waals surface area contributed by atoms with Crippen molar-refractivity contribution in [2.24, 2.45) is 0 Å². The van der Waals surface area contributed by atoms with Gasteiger partial charge in [0.25, 0.3) is 0 Å². The van der Waals surface area contributed by atoms with Crippen molar-refractivity contribution >= 4 is 22.6 Å². The SMILES string of the molecule is FC(F)(F)c1ccnc(I)c1. The highest BCUT2D eigenvalue weighted by atomic mass is 127. The molecule has 60 valence electrons. The molecule has 0 spiro atoms. The third kappa shape index (κ3) is 2.32. The van der Waals surface area contributed by atoms with Gasteiger partial charge in [-0.1, -0.05) is 0 Å². The second-order valence-electron chi connectivity index (χ2n) is 1.86. The molecule has 0 fully saturated rings. The number of pyridine rings is 1. The van der Waals surface area contributed by atoms with Gasteiger partial charge in [-0.3, -0.25) is 4.98 Å². The topological polar surface area (TPSA) is 12.9 Å². The first kappa shape index (κ1) is 8.76. The largest absolute Gasteiger partial charge is 0.416 e. The molecule has 0 aliphatic carbocycles. The summed E-state index contributed by atoms with van der Waals surface area (Å²) in [7, 11) is 0. The third-order valence-electron chi connectivity index (χ3n) is 1.05. The van der Waals surface area contributed by atoms with Crippen molar-refractivity contribution in [1.29, 1.82) is 0 Å². The number of alkyl halides is 3. The maximum atomic E-state index is 11.9. The van der Waals surface area contributed by atoms with E-state index in [2.05, 4.69) is 4.98 Å². The van der Waals surface area contributed by atoms with Gasteiger partial charge >= 0.3 is 6.18 Å². The number of aromatic nitrogens is 1. The molecule has 1 heterocycles. The van der Waals surface area contributed by atoms with Gasteiger partial charge in [-0.15, -0.1) is 0 Å². The Morgan fingerprint density at radius 1 is 1.36 bits per heavy atom. The van der Waals surface area contributed by atoms with E-state index in [0.717, 1.165) is 18.3 Å². The summed E-state index contributed by atoms with van der Waals surface area (Å²) in [6.45, 7) is 0. The Kier molecular flexibility index (Phi) is 2.36. The highest BCUT2D eigenvalue weighted by Crippen LogP contribution is 2.29. The second kappa shape index (κ2) is 2.96. The van der Waals surface area contributed by atoms with Gasteiger partial charge in [0.1, 0.15) is 3.70 Å². The Morgan fingerprint density at radius 3 is 2.36 bits per heavy atom. The Hall–Kier alpha value is -0.330. The predicted octanol–water partition coefficient (Wildman–Crippen LogP) is 2.71. The standard InChI is InChI=1S/C6H3F3IN/c7-6(8,9)4-1-2-11-5(10)3-4/h1-3H. The molecule has 0 unspecified atom stereocenters. The van der Waals surface area contributed by atoms with Gasteiger partial charge in [-0.25, -0.2) is 0 Å². The molecule has 0 aliphatic heterocycles. The molecule has 0 N–H and O–H groups in total. The first-order chi connectivity index (χ1) is 5.00. The van der Waals surface area contributed by atoms with Crippen molar-refractivity contribution in [3.63, 3.8) is 0 Å². The molecule has 0 aromatic carbocycles. The Morgan fingerprint density at radius 2 is 2.00 bits per heavy atom. The van der Waals surface area contributed by atoms with Gasteiger partial charge in [0.2, 0.25) is 0 Å². The summed E-state index contributed by atoms with van der Waals surface area (Å²) in [5, 5.41) is 0. The molecular formula is C6H3F3IN. The van der Waals surface area contributed by atoms with Crippen LogP contribution in [0.1, 0.15) is 5.56 Å². The molecule has 1 nitrogen and oxygen atoms in total. The third-order valence-corrected chi connectivity index (χ3v) is 1.64. The van der Waals surface area contributed by atoms with E-state index in [0.29, 0.717) is 3.70 Å². The van der Waals surface area contributed by atoms with Gasteiger partial charge in [-0.05, 0) is 34.7 Å². The molecule has 1 aromatic heterocycles. The van der Waals surface area contributed by atoms with E-state index < -0.39 is 11.7 Å². The van der Waals surface area contributed by atoms with Crippen molar-refractivity contribution in [2.45, 2.75) is 6.18 Å². The van der Waals surface area contributed by atoms with Crippen LogP contribution in [0.25, 0.3) is 0 Å². The molecule has 0 saturated heterocycles. The van der Waals surface area contributed by atoms with Crippen molar-refractivity contribution < 1.29 is 13.2 Å². The minimum atomic E-state index is -4.26. The van der Waals surface area contributed by atoms with Gasteiger partial charge < -0.3 is 0 Å². The molecule has 0 atom stereocenters. The fraction of sp³-hybridized carbons (Fsp3) is 0.167. The summed E-state index contributed by atoms with van der Waals surface area (Å²) in [6, 6.07) is 1.95. The zero-order valence-corrected chi connectivity index (χ0v) is 7.35. The summed E-state index contributed by atoms with van der Waals surface area (Å²) in [6.07, 6.45) is -3.12. The lowest BCUT2D eigenvalue weighted by atomic mass is 10.3. The fourth-order valence-electron chi connectivity index (χ4n) is 0.579. The van der Waals surface area contributed by atoms with Crippen LogP contribution in [0, 0.1) is 3.70 Å². The van der Waals surface area contributed by atoms with Crippen molar-refractivity contribution in [1.82, 2.24) is 4.98 Å². The van der Waals surface area contributed by atoms with Crippen LogP contribution < -0.4 is 0 Å². The lowest BCUT2D eigenvalue weighted by molar-refractivity contribution is -0.137. The summed E-state index contributed by atoms with van der Waals surface area (Å²) < 4.78 is 36.2. The van der Waals surface area contributed by atoms with Gasteiger partial charge in [0, 0.05) is 6.20 Å². The van der Waals surface area contributed by atoms with Crippen molar-refractivity contribution in [2.75, 3.05) is 0 Å². The maximum Gasteiger partial charge on any atom is 0.416 e. The zero-order chi connectivity index (χ0) is 8.48. The van der Waals surface area contributed by atoms with E-state index in [1.54, 1.807) is 22.6 Å². The summed E-state index contributed by atoms with van der Waals surface area (Å²) in [5.41, 5.74) is -0.656. The first-order valence-corrected chi connectivity index (χ1v) is 3.77. The van der Waals surface area contributed by atoms with E-state index >= 15 is 0 Å². The van der Waals surface area contributed by atoms with E-state index in [4.69, 9.17) is 0 Å². The predicted molar refractivity (Wildman–Crippen MR) is 42.0 cm³/mol. The minimum Gasteiger partial charge on any atom is -0.250 e. The highest BCUT2D eigenvalue weighted by molar-refractivity contribution is 14.1. The number of rotatable bonds is 0. The normalized spacial score (nSPS) is 11.6. The second-order valence-corrected chi connectivity index (χ2v) is 2.97. The number of hydrogen-bond donors (Lipinski definition) is 0. The molecule has 1 aromatic rings. The molecule has 11 heavy (non-hydrogen) atoms. The van der Waals surface area contributed by atoms with Crippen LogP contribution in [-0.2, 0) is 6.18 Å². The number of hydrogen-bond acceptors (Lipinski definition) is 1. The molecule has 0 aliphatic rings. The van der Waals surface area contributed by atoms with E-state index in [1.165, 1.54) is 0 Å². The Labute approximate surface area is 74.8 Å². The first-order valence-electron chi connectivity index (χ1n) is 2.69. The zero-order valence-electron chi connectivity index (χ0n) is 5.19. The fourth-order valence-corrected chi connectivity index (χ4v) is 1.08. The average Bonchev–Trinajstić information content (AvgIpc) is 1.86. The van der Waals surface area contributed by atoms with Crippen molar-refractivity contribution in [3.8, 4) is 0 Å². The average molecular weight is 273 g/mol. The van der Waals surface area contributed by atoms with Crippen LogP contribution in [0.5, 0.6) is 0 Å². The molecule has 5 heteroatoms.